The average Bonchev–Trinajstić information content (AvgIpc) is 2.30. The zero-order valence-corrected chi connectivity index (χ0v) is 8.34. The number of nitrogens with two attached hydrogens (primary N) is 1. The highest BCUT2D eigenvalue weighted by atomic mass is 16.1. The molecule has 1 aliphatic carbocycles. The van der Waals surface area contributed by atoms with E-state index in [1.165, 1.54) is 0 Å². The number of benzene rings is 1. The van der Waals surface area contributed by atoms with Gasteiger partial charge in [0.25, 0.3) is 0 Å². The van der Waals surface area contributed by atoms with Crippen LogP contribution in [-0.2, 0) is 0 Å². The minimum Gasteiger partial charge on any atom is -0.324 e. The lowest BCUT2D eigenvalue weighted by Gasteiger charge is -2.18. The molecular formula is C13H13NO. The van der Waals surface area contributed by atoms with Crippen molar-refractivity contribution in [2.75, 3.05) is 0 Å². The van der Waals surface area contributed by atoms with E-state index in [1.54, 1.807) is 0 Å². The van der Waals surface area contributed by atoms with E-state index in [0.29, 0.717) is 0 Å². The van der Waals surface area contributed by atoms with Crippen molar-refractivity contribution in [3.05, 3.63) is 60.2 Å². The van der Waals surface area contributed by atoms with E-state index in [4.69, 9.17) is 5.73 Å². The Morgan fingerprint density at radius 3 is 2.40 bits per heavy atom. The molecule has 15 heavy (non-hydrogen) atoms. The standard InChI is InChI=1S/C13H13NO/c14-12-9-5-4-8-11(12)13(15)10-6-2-1-3-7-10/h1-9,11-12H,14H2. The van der Waals surface area contributed by atoms with Gasteiger partial charge in [0, 0.05) is 11.6 Å². The van der Waals surface area contributed by atoms with E-state index in [9.17, 15) is 4.79 Å². The van der Waals surface area contributed by atoms with Gasteiger partial charge in [-0.15, -0.1) is 0 Å². The molecule has 0 heterocycles. The zero-order chi connectivity index (χ0) is 10.7. The smallest absolute Gasteiger partial charge is 0.171 e. The third-order valence-corrected chi connectivity index (χ3v) is 2.54. The molecule has 2 atom stereocenters. The molecule has 1 aliphatic rings. The van der Waals surface area contributed by atoms with Crippen LogP contribution in [0, 0.1) is 5.92 Å². The van der Waals surface area contributed by atoms with Crippen molar-refractivity contribution in [2.45, 2.75) is 6.04 Å². The van der Waals surface area contributed by atoms with Crippen LogP contribution in [0.2, 0.25) is 0 Å². The van der Waals surface area contributed by atoms with Crippen LogP contribution in [0.4, 0.5) is 0 Å². The van der Waals surface area contributed by atoms with E-state index >= 15 is 0 Å². The Bertz CT molecular complexity index is 406. The highest BCUT2D eigenvalue weighted by molar-refractivity contribution is 5.99. The molecule has 76 valence electrons. The number of allylic oxidation sites excluding steroid dienone is 2. The van der Waals surface area contributed by atoms with E-state index in [1.807, 2.05) is 54.6 Å². The molecule has 0 aliphatic heterocycles. The average molecular weight is 199 g/mol. The number of carbonyl (C=O) groups excluding carboxylic acids is 1. The largest absolute Gasteiger partial charge is 0.324 e. The fourth-order valence-electron chi connectivity index (χ4n) is 1.68. The summed E-state index contributed by atoms with van der Waals surface area (Å²) in [6.07, 6.45) is 7.46. The van der Waals surface area contributed by atoms with Gasteiger partial charge < -0.3 is 5.73 Å². The van der Waals surface area contributed by atoms with Gasteiger partial charge in [-0.1, -0.05) is 54.6 Å². The third kappa shape index (κ3) is 2.05. The monoisotopic (exact) mass is 199 g/mol. The lowest BCUT2D eigenvalue weighted by atomic mass is 9.88. The molecule has 2 nitrogen and oxygen atoms in total. The first-order valence-corrected chi connectivity index (χ1v) is 4.99. The molecule has 0 saturated carbocycles. The van der Waals surface area contributed by atoms with Gasteiger partial charge in [0.2, 0.25) is 0 Å². The molecular weight excluding hydrogens is 186 g/mol. The molecule has 2 N–H and O–H groups in total. The second kappa shape index (κ2) is 4.24. The molecule has 2 rings (SSSR count). The maximum Gasteiger partial charge on any atom is 0.171 e. The molecule has 0 saturated heterocycles. The quantitative estimate of drug-likeness (QED) is 0.740. The summed E-state index contributed by atoms with van der Waals surface area (Å²) in [5.41, 5.74) is 6.58. The van der Waals surface area contributed by atoms with E-state index in [-0.39, 0.29) is 17.7 Å². The fraction of sp³-hybridized carbons (Fsp3) is 0.154. The predicted molar refractivity (Wildman–Crippen MR) is 60.5 cm³/mol. The van der Waals surface area contributed by atoms with Gasteiger partial charge in [-0.2, -0.15) is 0 Å². The van der Waals surface area contributed by atoms with Crippen molar-refractivity contribution in [2.24, 2.45) is 11.7 Å². The Labute approximate surface area is 89.1 Å². The van der Waals surface area contributed by atoms with Crippen LogP contribution in [-0.4, -0.2) is 11.8 Å². The van der Waals surface area contributed by atoms with Gasteiger partial charge in [-0.3, -0.25) is 4.79 Å². The summed E-state index contributed by atoms with van der Waals surface area (Å²) in [7, 11) is 0. The number of hydrogen-bond donors (Lipinski definition) is 1. The van der Waals surface area contributed by atoms with Crippen LogP contribution < -0.4 is 5.73 Å². The number of hydrogen-bond acceptors (Lipinski definition) is 2. The fourth-order valence-corrected chi connectivity index (χ4v) is 1.68. The summed E-state index contributed by atoms with van der Waals surface area (Å²) < 4.78 is 0. The van der Waals surface area contributed by atoms with Crippen molar-refractivity contribution in [3.63, 3.8) is 0 Å². The van der Waals surface area contributed by atoms with Crippen LogP contribution in [0.5, 0.6) is 0 Å². The Hall–Kier alpha value is -1.67. The highest BCUT2D eigenvalue weighted by Crippen LogP contribution is 2.16. The predicted octanol–water partition coefficient (Wildman–Crippen LogP) is 1.94. The molecule has 2 unspecified atom stereocenters. The van der Waals surface area contributed by atoms with Crippen LogP contribution >= 0.6 is 0 Å². The van der Waals surface area contributed by atoms with E-state index in [0.717, 1.165) is 5.56 Å². The summed E-state index contributed by atoms with van der Waals surface area (Å²) >= 11 is 0. The molecule has 1 aromatic rings. The Morgan fingerprint density at radius 1 is 1.07 bits per heavy atom. The molecule has 0 radical (unpaired) electrons. The van der Waals surface area contributed by atoms with Crippen molar-refractivity contribution in [1.82, 2.24) is 0 Å². The van der Waals surface area contributed by atoms with Gasteiger partial charge in [-0.25, -0.2) is 0 Å². The van der Waals surface area contributed by atoms with E-state index < -0.39 is 0 Å². The van der Waals surface area contributed by atoms with Crippen LogP contribution in [0.1, 0.15) is 10.4 Å². The van der Waals surface area contributed by atoms with Gasteiger partial charge >= 0.3 is 0 Å². The van der Waals surface area contributed by atoms with Crippen molar-refractivity contribution in [1.29, 1.82) is 0 Å². The molecule has 1 aromatic carbocycles. The van der Waals surface area contributed by atoms with Crippen molar-refractivity contribution < 1.29 is 4.79 Å². The second-order valence-electron chi connectivity index (χ2n) is 3.60. The highest BCUT2D eigenvalue weighted by Gasteiger charge is 2.23. The normalized spacial score (nSPS) is 24.1. The first-order valence-electron chi connectivity index (χ1n) is 4.99. The summed E-state index contributed by atoms with van der Waals surface area (Å²) in [5, 5.41) is 0. The molecule has 0 fully saturated rings. The van der Waals surface area contributed by atoms with Gasteiger partial charge in [0.05, 0.1) is 5.92 Å². The number of rotatable bonds is 2. The number of ketones is 1. The Morgan fingerprint density at radius 2 is 1.73 bits per heavy atom. The first kappa shape index (κ1) is 9.87. The second-order valence-corrected chi connectivity index (χ2v) is 3.60. The topological polar surface area (TPSA) is 43.1 Å². The number of carbonyl (C=O) groups is 1. The maximum atomic E-state index is 12.0. The van der Waals surface area contributed by atoms with Gasteiger partial charge in [0.1, 0.15) is 0 Å². The lowest BCUT2D eigenvalue weighted by molar-refractivity contribution is 0.0938. The molecule has 2 heteroatoms. The van der Waals surface area contributed by atoms with Gasteiger partial charge in [0.15, 0.2) is 5.78 Å². The zero-order valence-electron chi connectivity index (χ0n) is 8.34. The molecule has 0 spiro atoms. The van der Waals surface area contributed by atoms with Crippen LogP contribution in [0.25, 0.3) is 0 Å². The number of Topliss-reactive ketones (excluding diaryl/α,β-unsaturated/α-hetero) is 1. The minimum absolute atomic E-state index is 0.0868. The summed E-state index contributed by atoms with van der Waals surface area (Å²) in [6.45, 7) is 0. The Kier molecular flexibility index (Phi) is 2.79. The Balaban J connectivity index is 2.22. The SMILES string of the molecule is NC1C=CC=CC1C(=O)c1ccccc1. The lowest BCUT2D eigenvalue weighted by Crippen LogP contribution is -2.33. The molecule has 0 bridgehead atoms. The van der Waals surface area contributed by atoms with Gasteiger partial charge in [-0.05, 0) is 0 Å². The van der Waals surface area contributed by atoms with Crippen LogP contribution in [0.15, 0.2) is 54.6 Å². The minimum atomic E-state index is -0.225. The van der Waals surface area contributed by atoms with Crippen LogP contribution in [0.3, 0.4) is 0 Å². The summed E-state index contributed by atoms with van der Waals surface area (Å²) in [5.74, 6) is -0.138. The summed E-state index contributed by atoms with van der Waals surface area (Å²) in [4.78, 5) is 12.0. The first-order chi connectivity index (χ1) is 7.29. The van der Waals surface area contributed by atoms with Crippen molar-refractivity contribution in [3.8, 4) is 0 Å². The maximum absolute atomic E-state index is 12.0. The summed E-state index contributed by atoms with van der Waals surface area (Å²) in [6, 6.07) is 9.06. The van der Waals surface area contributed by atoms with E-state index in [2.05, 4.69) is 0 Å². The van der Waals surface area contributed by atoms with Crippen molar-refractivity contribution >= 4 is 5.78 Å². The molecule has 0 aromatic heterocycles. The molecule has 0 amide bonds. The third-order valence-electron chi connectivity index (χ3n) is 2.54.